The van der Waals surface area contributed by atoms with E-state index in [2.05, 4.69) is 15.1 Å². The van der Waals surface area contributed by atoms with Gasteiger partial charge in [0, 0.05) is 37.0 Å². The minimum absolute atomic E-state index is 0.0256. The summed E-state index contributed by atoms with van der Waals surface area (Å²) in [4.78, 5) is 35.3. The van der Waals surface area contributed by atoms with Gasteiger partial charge in [0.15, 0.2) is 0 Å². The van der Waals surface area contributed by atoms with E-state index < -0.39 is 0 Å². The summed E-state index contributed by atoms with van der Waals surface area (Å²) in [5.74, 6) is 2.93. The second-order valence-electron chi connectivity index (χ2n) is 5.67. The number of aromatic nitrogens is 5. The molecule has 1 fully saturated rings. The Bertz CT molecular complexity index is 989. The topological polar surface area (TPSA) is 85.4 Å². The number of pyridine rings is 1. The van der Waals surface area contributed by atoms with E-state index in [1.165, 1.54) is 10.8 Å². The predicted molar refractivity (Wildman–Crippen MR) is 91.2 cm³/mol. The lowest BCUT2D eigenvalue weighted by atomic mass is 10.3. The van der Waals surface area contributed by atoms with E-state index >= 15 is 0 Å². The molecular formula is C15H16N6O2S. The molecule has 9 heteroatoms. The molecule has 8 nitrogen and oxygen atoms in total. The average Bonchev–Trinajstić information content (AvgIpc) is 2.98. The molecule has 1 aliphatic rings. The fourth-order valence-corrected chi connectivity index (χ4v) is 3.75. The first-order valence-electron chi connectivity index (χ1n) is 7.70. The molecule has 0 atom stereocenters. The smallest absolute Gasteiger partial charge is 0.262 e. The van der Waals surface area contributed by atoms with Crippen LogP contribution in [0.3, 0.4) is 0 Å². The number of aryl methyl sites for hydroxylation is 1. The van der Waals surface area contributed by atoms with Crippen molar-refractivity contribution in [2.75, 3.05) is 24.6 Å². The van der Waals surface area contributed by atoms with Crippen molar-refractivity contribution in [1.82, 2.24) is 29.0 Å². The number of thioether (sulfide) groups is 1. The summed E-state index contributed by atoms with van der Waals surface area (Å²) >= 11 is 1.84. The highest BCUT2D eigenvalue weighted by Crippen LogP contribution is 2.12. The first kappa shape index (κ1) is 15.1. The van der Waals surface area contributed by atoms with Crippen molar-refractivity contribution in [2.24, 2.45) is 0 Å². The monoisotopic (exact) mass is 344 g/mol. The molecule has 0 bridgehead atoms. The normalized spacial score (nSPS) is 15.3. The Morgan fingerprint density at radius 1 is 1.33 bits per heavy atom. The number of carbonyl (C=O) groups is 1. The van der Waals surface area contributed by atoms with E-state index in [0.717, 1.165) is 24.6 Å². The van der Waals surface area contributed by atoms with Crippen LogP contribution >= 0.6 is 11.8 Å². The number of hydrogen-bond acceptors (Lipinski definition) is 6. The minimum Gasteiger partial charge on any atom is -0.339 e. The molecule has 0 saturated carbocycles. The third kappa shape index (κ3) is 2.54. The molecule has 0 N–H and O–H groups in total. The Balaban J connectivity index is 1.71. The maximum absolute atomic E-state index is 12.7. The third-order valence-electron chi connectivity index (χ3n) is 4.08. The van der Waals surface area contributed by atoms with E-state index in [1.807, 2.05) is 16.7 Å². The lowest BCUT2D eigenvalue weighted by molar-refractivity contribution is -0.131. The quantitative estimate of drug-likeness (QED) is 0.666. The molecule has 0 radical (unpaired) electrons. The Morgan fingerprint density at radius 2 is 2.12 bits per heavy atom. The summed E-state index contributed by atoms with van der Waals surface area (Å²) in [5, 5.41) is 4.69. The summed E-state index contributed by atoms with van der Waals surface area (Å²) in [7, 11) is 0. The van der Waals surface area contributed by atoms with Crippen molar-refractivity contribution in [3.05, 3.63) is 34.6 Å². The van der Waals surface area contributed by atoms with Crippen molar-refractivity contribution in [3.8, 4) is 0 Å². The Labute approximate surface area is 141 Å². The van der Waals surface area contributed by atoms with Crippen LogP contribution < -0.4 is 5.56 Å². The molecule has 3 aromatic heterocycles. The zero-order chi connectivity index (χ0) is 16.7. The first-order chi connectivity index (χ1) is 11.6. The largest absolute Gasteiger partial charge is 0.339 e. The van der Waals surface area contributed by atoms with E-state index in [9.17, 15) is 9.59 Å². The Kier molecular flexibility index (Phi) is 3.72. The van der Waals surface area contributed by atoms with Gasteiger partial charge in [-0.2, -0.15) is 21.3 Å². The molecule has 1 saturated heterocycles. The van der Waals surface area contributed by atoms with Gasteiger partial charge in [-0.1, -0.05) is 0 Å². The third-order valence-corrected chi connectivity index (χ3v) is 5.02. The first-order valence-corrected chi connectivity index (χ1v) is 8.86. The molecule has 0 unspecified atom stereocenters. The van der Waals surface area contributed by atoms with Crippen LogP contribution in [0.4, 0.5) is 0 Å². The molecule has 1 amide bonds. The average molecular weight is 344 g/mol. The SMILES string of the molecule is Cc1nc2ncc3c(=O)n(CC(=O)N4CCSCC4)ccc3n2n1. The maximum atomic E-state index is 12.7. The number of fused-ring (bicyclic) bond motifs is 3. The number of amides is 1. The molecule has 0 spiro atoms. The van der Waals surface area contributed by atoms with Gasteiger partial charge >= 0.3 is 0 Å². The fraction of sp³-hybridized carbons (Fsp3) is 0.400. The van der Waals surface area contributed by atoms with Gasteiger partial charge in [-0.25, -0.2) is 4.98 Å². The van der Waals surface area contributed by atoms with Gasteiger partial charge in [0.2, 0.25) is 5.91 Å². The van der Waals surface area contributed by atoms with Crippen LogP contribution in [0, 0.1) is 6.92 Å². The lowest BCUT2D eigenvalue weighted by Gasteiger charge is -2.26. The van der Waals surface area contributed by atoms with E-state index in [4.69, 9.17) is 0 Å². The van der Waals surface area contributed by atoms with Crippen LogP contribution in [0.15, 0.2) is 23.3 Å². The molecule has 3 aromatic rings. The van der Waals surface area contributed by atoms with Gasteiger partial charge in [-0.3, -0.25) is 9.59 Å². The van der Waals surface area contributed by atoms with Gasteiger partial charge in [0.25, 0.3) is 11.3 Å². The number of nitrogens with zero attached hydrogens (tertiary/aromatic N) is 6. The standard InChI is InChI=1S/C15H16N6O2S/c1-10-17-15-16-8-11-12(21(15)18-10)2-3-20(14(11)23)9-13(22)19-4-6-24-7-5-19/h2-3,8H,4-7,9H2,1H3. The van der Waals surface area contributed by atoms with Crippen molar-refractivity contribution in [1.29, 1.82) is 0 Å². The van der Waals surface area contributed by atoms with Crippen LogP contribution in [-0.2, 0) is 11.3 Å². The van der Waals surface area contributed by atoms with E-state index in [1.54, 1.807) is 23.7 Å². The zero-order valence-electron chi connectivity index (χ0n) is 13.2. The van der Waals surface area contributed by atoms with Crippen LogP contribution in [0.5, 0.6) is 0 Å². The molecule has 0 aliphatic carbocycles. The second-order valence-corrected chi connectivity index (χ2v) is 6.89. The molecule has 1 aliphatic heterocycles. The summed E-state index contributed by atoms with van der Waals surface area (Å²) in [6.45, 7) is 3.31. The summed E-state index contributed by atoms with van der Waals surface area (Å²) in [6, 6.07) is 1.78. The predicted octanol–water partition coefficient (Wildman–Crippen LogP) is 0.323. The highest BCUT2D eigenvalue weighted by molar-refractivity contribution is 7.99. The van der Waals surface area contributed by atoms with Crippen molar-refractivity contribution in [2.45, 2.75) is 13.5 Å². The van der Waals surface area contributed by atoms with E-state index in [-0.39, 0.29) is 18.0 Å². The highest BCUT2D eigenvalue weighted by atomic mass is 32.2. The Morgan fingerprint density at radius 3 is 2.92 bits per heavy atom. The number of hydrogen-bond donors (Lipinski definition) is 0. The number of rotatable bonds is 2. The molecule has 24 heavy (non-hydrogen) atoms. The van der Waals surface area contributed by atoms with Gasteiger partial charge < -0.3 is 9.47 Å². The van der Waals surface area contributed by atoms with E-state index in [0.29, 0.717) is 22.5 Å². The lowest BCUT2D eigenvalue weighted by Crippen LogP contribution is -2.41. The molecular weight excluding hydrogens is 328 g/mol. The van der Waals surface area contributed by atoms with Gasteiger partial charge in [-0.05, 0) is 13.0 Å². The fourth-order valence-electron chi connectivity index (χ4n) is 2.84. The van der Waals surface area contributed by atoms with Crippen molar-refractivity contribution >= 4 is 34.3 Å². The van der Waals surface area contributed by atoms with Crippen molar-refractivity contribution < 1.29 is 4.79 Å². The van der Waals surface area contributed by atoms with Crippen molar-refractivity contribution in [3.63, 3.8) is 0 Å². The van der Waals surface area contributed by atoms with Crippen LogP contribution in [0.1, 0.15) is 5.82 Å². The van der Waals surface area contributed by atoms with Gasteiger partial charge in [-0.15, -0.1) is 5.10 Å². The summed E-state index contributed by atoms with van der Waals surface area (Å²) < 4.78 is 2.99. The van der Waals surface area contributed by atoms with Crippen LogP contribution in [0.25, 0.3) is 16.7 Å². The number of carbonyl (C=O) groups excluding carboxylic acids is 1. The second kappa shape index (κ2) is 5.90. The van der Waals surface area contributed by atoms with Gasteiger partial charge in [0.05, 0.1) is 10.9 Å². The maximum Gasteiger partial charge on any atom is 0.262 e. The summed E-state index contributed by atoms with van der Waals surface area (Å²) in [5.41, 5.74) is 0.401. The van der Waals surface area contributed by atoms with Gasteiger partial charge in [0.1, 0.15) is 12.4 Å². The summed E-state index contributed by atoms with van der Waals surface area (Å²) in [6.07, 6.45) is 3.14. The minimum atomic E-state index is -0.241. The molecule has 4 rings (SSSR count). The molecule has 124 valence electrons. The highest BCUT2D eigenvalue weighted by Gasteiger charge is 2.18. The van der Waals surface area contributed by atoms with Crippen LogP contribution in [-0.4, -0.2) is 59.6 Å². The Hall–Kier alpha value is -2.42. The molecule has 0 aromatic carbocycles. The van der Waals surface area contributed by atoms with Crippen LogP contribution in [0.2, 0.25) is 0 Å². The molecule has 4 heterocycles. The zero-order valence-corrected chi connectivity index (χ0v) is 14.0.